The van der Waals surface area contributed by atoms with Crippen LogP contribution in [0.2, 0.25) is 0 Å². The Balaban J connectivity index is 3.21. The fourth-order valence-corrected chi connectivity index (χ4v) is 1.80. The van der Waals surface area contributed by atoms with Crippen molar-refractivity contribution in [2.24, 2.45) is 0 Å². The number of aldehydes is 1. The first kappa shape index (κ1) is 9.26. The van der Waals surface area contributed by atoms with E-state index < -0.39 is 0 Å². The quantitative estimate of drug-likeness (QED) is 0.529. The van der Waals surface area contributed by atoms with Crippen molar-refractivity contribution in [1.29, 1.82) is 0 Å². The molecule has 0 saturated heterocycles. The summed E-state index contributed by atoms with van der Waals surface area (Å²) in [5.74, 6) is 0. The van der Waals surface area contributed by atoms with Crippen LogP contribution in [0.4, 0.5) is 0 Å². The summed E-state index contributed by atoms with van der Waals surface area (Å²) in [7, 11) is 0. The van der Waals surface area contributed by atoms with Crippen molar-refractivity contribution in [3.05, 3.63) is 23.4 Å². The topological polar surface area (TPSA) is 30.0 Å². The van der Waals surface area contributed by atoms with Gasteiger partial charge in [-0.3, -0.25) is 4.79 Å². The van der Waals surface area contributed by atoms with E-state index >= 15 is 0 Å². The highest BCUT2D eigenvalue weighted by molar-refractivity contribution is 7.98. The van der Waals surface area contributed by atoms with Gasteiger partial charge in [-0.25, -0.2) is 4.98 Å². The van der Waals surface area contributed by atoms with Crippen LogP contribution in [0.15, 0.2) is 17.3 Å². The summed E-state index contributed by atoms with van der Waals surface area (Å²) in [5.41, 5.74) is 1.82. The van der Waals surface area contributed by atoms with E-state index in [1.54, 1.807) is 24.0 Å². The zero-order valence-electron chi connectivity index (χ0n) is 7.20. The van der Waals surface area contributed by atoms with Crippen LogP contribution in [0.25, 0.3) is 0 Å². The average molecular weight is 181 g/mol. The van der Waals surface area contributed by atoms with Gasteiger partial charge in [0.05, 0.1) is 5.03 Å². The maximum Gasteiger partial charge on any atom is 0.150 e. The third-order valence-electron chi connectivity index (χ3n) is 1.73. The Kier molecular flexibility index (Phi) is 3.29. The third-order valence-corrected chi connectivity index (χ3v) is 2.46. The van der Waals surface area contributed by atoms with E-state index in [9.17, 15) is 4.79 Å². The summed E-state index contributed by atoms with van der Waals surface area (Å²) in [4.78, 5) is 14.8. The first-order chi connectivity index (χ1) is 5.83. The van der Waals surface area contributed by atoms with Gasteiger partial charge in [-0.05, 0) is 24.3 Å². The van der Waals surface area contributed by atoms with Gasteiger partial charge in [-0.15, -0.1) is 11.8 Å². The minimum absolute atomic E-state index is 0.761. The van der Waals surface area contributed by atoms with Gasteiger partial charge in [0.25, 0.3) is 0 Å². The third kappa shape index (κ3) is 1.67. The van der Waals surface area contributed by atoms with E-state index in [1.807, 2.05) is 13.2 Å². The molecular formula is C9H11NOS. The van der Waals surface area contributed by atoms with Crippen molar-refractivity contribution in [3.8, 4) is 0 Å². The predicted molar refractivity (Wildman–Crippen MR) is 50.8 cm³/mol. The second-order valence-electron chi connectivity index (χ2n) is 2.36. The Hall–Kier alpha value is -0.830. The normalized spacial score (nSPS) is 9.83. The summed E-state index contributed by atoms with van der Waals surface area (Å²) >= 11 is 1.58. The lowest BCUT2D eigenvalue weighted by Crippen LogP contribution is -1.95. The van der Waals surface area contributed by atoms with E-state index in [2.05, 4.69) is 4.98 Å². The smallest absolute Gasteiger partial charge is 0.150 e. The lowest BCUT2D eigenvalue weighted by molar-refractivity contribution is 0.112. The monoisotopic (exact) mass is 181 g/mol. The van der Waals surface area contributed by atoms with Crippen LogP contribution in [0.3, 0.4) is 0 Å². The molecule has 0 fully saturated rings. The van der Waals surface area contributed by atoms with Gasteiger partial charge in [-0.2, -0.15) is 0 Å². The molecule has 0 saturated carbocycles. The van der Waals surface area contributed by atoms with E-state index in [0.717, 1.165) is 28.9 Å². The average Bonchev–Trinajstić information content (AvgIpc) is 2.16. The van der Waals surface area contributed by atoms with E-state index in [-0.39, 0.29) is 0 Å². The molecule has 0 aromatic carbocycles. The van der Waals surface area contributed by atoms with Crippen LogP contribution >= 0.6 is 11.8 Å². The first-order valence-corrected chi connectivity index (χ1v) is 5.03. The van der Waals surface area contributed by atoms with Gasteiger partial charge in [-0.1, -0.05) is 6.92 Å². The SMILES string of the molecule is CCc1c(C=O)ccnc1SC. The number of nitrogens with zero attached hydrogens (tertiary/aromatic N) is 1. The molecular weight excluding hydrogens is 170 g/mol. The molecule has 2 nitrogen and oxygen atoms in total. The van der Waals surface area contributed by atoms with Crippen molar-refractivity contribution >= 4 is 18.0 Å². The standard InChI is InChI=1S/C9H11NOS/c1-3-8-7(6-11)4-5-10-9(8)12-2/h4-6H,3H2,1-2H3. The zero-order valence-corrected chi connectivity index (χ0v) is 8.02. The second kappa shape index (κ2) is 4.26. The van der Waals surface area contributed by atoms with Crippen LogP contribution in [0.5, 0.6) is 0 Å². The fourth-order valence-electron chi connectivity index (χ4n) is 1.13. The van der Waals surface area contributed by atoms with Gasteiger partial charge >= 0.3 is 0 Å². The van der Waals surface area contributed by atoms with Crippen LogP contribution in [0, 0.1) is 0 Å². The van der Waals surface area contributed by atoms with Crippen molar-refractivity contribution in [2.75, 3.05) is 6.26 Å². The van der Waals surface area contributed by atoms with Crippen molar-refractivity contribution in [3.63, 3.8) is 0 Å². The van der Waals surface area contributed by atoms with Crippen molar-refractivity contribution in [2.45, 2.75) is 18.4 Å². The lowest BCUT2D eigenvalue weighted by atomic mass is 10.1. The molecule has 1 heterocycles. The molecule has 0 amide bonds. The number of thioether (sulfide) groups is 1. The first-order valence-electron chi connectivity index (χ1n) is 3.80. The number of aromatic nitrogens is 1. The van der Waals surface area contributed by atoms with Gasteiger partial charge in [0.1, 0.15) is 6.29 Å². The van der Waals surface area contributed by atoms with Crippen LogP contribution in [-0.2, 0) is 6.42 Å². The number of hydrogen-bond donors (Lipinski definition) is 0. The second-order valence-corrected chi connectivity index (χ2v) is 3.15. The molecule has 0 spiro atoms. The maximum absolute atomic E-state index is 10.6. The summed E-state index contributed by atoms with van der Waals surface area (Å²) in [6.45, 7) is 2.03. The highest BCUT2D eigenvalue weighted by Crippen LogP contribution is 2.20. The predicted octanol–water partition coefficient (Wildman–Crippen LogP) is 2.18. The Morgan fingerprint density at radius 2 is 2.42 bits per heavy atom. The molecule has 0 N–H and O–H groups in total. The van der Waals surface area contributed by atoms with E-state index in [0.29, 0.717) is 0 Å². The van der Waals surface area contributed by atoms with Gasteiger partial charge in [0.2, 0.25) is 0 Å². The van der Waals surface area contributed by atoms with E-state index in [4.69, 9.17) is 0 Å². The lowest BCUT2D eigenvalue weighted by Gasteiger charge is -2.05. The number of hydrogen-bond acceptors (Lipinski definition) is 3. The number of carbonyl (C=O) groups excluding carboxylic acids is 1. The molecule has 0 unspecified atom stereocenters. The van der Waals surface area contributed by atoms with Gasteiger partial charge < -0.3 is 0 Å². The molecule has 0 aliphatic rings. The van der Waals surface area contributed by atoms with Crippen LogP contribution in [0.1, 0.15) is 22.8 Å². The molecule has 0 atom stereocenters. The maximum atomic E-state index is 10.6. The molecule has 1 aromatic heterocycles. The Morgan fingerprint density at radius 1 is 1.67 bits per heavy atom. The minimum Gasteiger partial charge on any atom is -0.298 e. The summed E-state index contributed by atoms with van der Waals surface area (Å²) < 4.78 is 0. The number of pyridine rings is 1. The fraction of sp³-hybridized carbons (Fsp3) is 0.333. The Bertz CT molecular complexity index is 286. The molecule has 0 bridgehead atoms. The number of rotatable bonds is 3. The molecule has 0 aliphatic heterocycles. The number of carbonyl (C=O) groups is 1. The highest BCUT2D eigenvalue weighted by atomic mass is 32.2. The van der Waals surface area contributed by atoms with Gasteiger partial charge in [0, 0.05) is 11.8 Å². The molecule has 12 heavy (non-hydrogen) atoms. The Morgan fingerprint density at radius 3 is 2.92 bits per heavy atom. The summed E-state index contributed by atoms with van der Waals surface area (Å²) in [6.07, 6.45) is 5.39. The van der Waals surface area contributed by atoms with Crippen LogP contribution < -0.4 is 0 Å². The molecule has 0 radical (unpaired) electrons. The summed E-state index contributed by atoms with van der Waals surface area (Å²) in [6, 6.07) is 1.76. The van der Waals surface area contributed by atoms with E-state index in [1.165, 1.54) is 0 Å². The zero-order chi connectivity index (χ0) is 8.97. The molecule has 1 aromatic rings. The van der Waals surface area contributed by atoms with Crippen molar-refractivity contribution < 1.29 is 4.79 Å². The summed E-state index contributed by atoms with van der Waals surface area (Å²) in [5, 5.41) is 0.960. The largest absolute Gasteiger partial charge is 0.298 e. The molecule has 64 valence electrons. The Labute approximate surface area is 76.4 Å². The van der Waals surface area contributed by atoms with Crippen molar-refractivity contribution in [1.82, 2.24) is 4.98 Å². The molecule has 0 aliphatic carbocycles. The minimum atomic E-state index is 0.761. The van der Waals surface area contributed by atoms with Gasteiger partial charge in [0.15, 0.2) is 0 Å². The van der Waals surface area contributed by atoms with Crippen LogP contribution in [-0.4, -0.2) is 17.5 Å². The molecule has 3 heteroatoms. The highest BCUT2D eigenvalue weighted by Gasteiger charge is 2.05. The molecule has 1 rings (SSSR count).